The van der Waals surface area contributed by atoms with Gasteiger partial charge < -0.3 is 15.2 Å². The number of benzene rings is 1. The quantitative estimate of drug-likeness (QED) is 0.750. The van der Waals surface area contributed by atoms with Crippen LogP contribution in [0.3, 0.4) is 0 Å². The molecule has 0 aliphatic carbocycles. The summed E-state index contributed by atoms with van der Waals surface area (Å²) in [6.45, 7) is 6.10. The van der Waals surface area contributed by atoms with Crippen molar-refractivity contribution in [3.05, 3.63) is 47.0 Å². The standard InChI is InChI=1S/C21H26N4O3/c1-4-13(2)22-21(28)19-24-18(17-10-5-6-11-25(17)19)20(27)23-16-9-7-8-15(12-16)14(3)26/h7-9,12-13H,4-6,10-11H2,1-3H3,(H,22,28)(H,23,27). The minimum atomic E-state index is -0.367. The van der Waals surface area contributed by atoms with E-state index in [4.69, 9.17) is 0 Å². The average molecular weight is 382 g/mol. The molecule has 2 heterocycles. The first-order valence-electron chi connectivity index (χ1n) is 9.73. The Hall–Kier alpha value is -2.96. The predicted octanol–water partition coefficient (Wildman–Crippen LogP) is 3.20. The molecule has 0 saturated carbocycles. The summed E-state index contributed by atoms with van der Waals surface area (Å²) < 4.78 is 1.86. The zero-order chi connectivity index (χ0) is 20.3. The van der Waals surface area contributed by atoms with Gasteiger partial charge in [-0.05, 0) is 51.7 Å². The van der Waals surface area contributed by atoms with E-state index in [1.54, 1.807) is 24.3 Å². The van der Waals surface area contributed by atoms with E-state index in [2.05, 4.69) is 15.6 Å². The van der Waals surface area contributed by atoms with Crippen LogP contribution in [0.4, 0.5) is 5.69 Å². The second-order valence-corrected chi connectivity index (χ2v) is 7.21. The number of carbonyl (C=O) groups excluding carboxylic acids is 3. The second kappa shape index (κ2) is 8.37. The SMILES string of the molecule is CCC(C)NC(=O)c1nc(C(=O)Nc2cccc(C(C)=O)c2)c2n1CCCC2. The Morgan fingerprint density at radius 3 is 2.71 bits per heavy atom. The molecule has 0 bridgehead atoms. The Balaban J connectivity index is 1.89. The highest BCUT2D eigenvalue weighted by Gasteiger charge is 2.28. The fourth-order valence-corrected chi connectivity index (χ4v) is 3.29. The summed E-state index contributed by atoms with van der Waals surface area (Å²) in [6.07, 6.45) is 3.44. The van der Waals surface area contributed by atoms with Gasteiger partial charge in [0, 0.05) is 23.8 Å². The molecule has 1 aromatic heterocycles. The van der Waals surface area contributed by atoms with Crippen molar-refractivity contribution < 1.29 is 14.4 Å². The van der Waals surface area contributed by atoms with Crippen LogP contribution in [0.2, 0.25) is 0 Å². The molecule has 1 unspecified atom stereocenters. The zero-order valence-corrected chi connectivity index (χ0v) is 16.5. The Bertz CT molecular complexity index is 916. The number of anilines is 1. The van der Waals surface area contributed by atoms with E-state index in [1.165, 1.54) is 6.92 Å². The van der Waals surface area contributed by atoms with Crippen molar-refractivity contribution in [3.8, 4) is 0 Å². The molecule has 0 spiro atoms. The zero-order valence-electron chi connectivity index (χ0n) is 16.5. The van der Waals surface area contributed by atoms with E-state index < -0.39 is 0 Å². The number of hydrogen-bond donors (Lipinski definition) is 2. The molecule has 1 aliphatic heterocycles. The van der Waals surface area contributed by atoms with Crippen LogP contribution in [0.15, 0.2) is 24.3 Å². The first kappa shape index (κ1) is 19.8. The molecule has 0 saturated heterocycles. The highest BCUT2D eigenvalue weighted by Crippen LogP contribution is 2.22. The van der Waals surface area contributed by atoms with Gasteiger partial charge in [0.25, 0.3) is 11.8 Å². The van der Waals surface area contributed by atoms with E-state index in [9.17, 15) is 14.4 Å². The Morgan fingerprint density at radius 1 is 1.21 bits per heavy atom. The number of nitrogens with zero attached hydrogens (tertiary/aromatic N) is 2. The van der Waals surface area contributed by atoms with Gasteiger partial charge in [-0.25, -0.2) is 4.98 Å². The third-order valence-corrected chi connectivity index (χ3v) is 5.05. The summed E-state index contributed by atoms with van der Waals surface area (Å²) in [6, 6.07) is 6.83. The van der Waals surface area contributed by atoms with Crippen molar-refractivity contribution in [2.24, 2.45) is 0 Å². The number of aromatic nitrogens is 2. The van der Waals surface area contributed by atoms with E-state index in [-0.39, 0.29) is 35.2 Å². The highest BCUT2D eigenvalue weighted by molar-refractivity contribution is 6.05. The number of carbonyl (C=O) groups is 3. The molecule has 1 aromatic carbocycles. The number of fused-ring (bicyclic) bond motifs is 1. The number of hydrogen-bond acceptors (Lipinski definition) is 4. The minimum Gasteiger partial charge on any atom is -0.347 e. The minimum absolute atomic E-state index is 0.0376. The third kappa shape index (κ3) is 4.13. The molecule has 0 radical (unpaired) electrons. The fourth-order valence-electron chi connectivity index (χ4n) is 3.29. The Morgan fingerprint density at radius 2 is 2.00 bits per heavy atom. The number of rotatable bonds is 6. The van der Waals surface area contributed by atoms with Crippen molar-refractivity contribution in [1.82, 2.24) is 14.9 Å². The van der Waals surface area contributed by atoms with Crippen molar-refractivity contribution in [2.45, 2.75) is 59.0 Å². The first-order valence-corrected chi connectivity index (χ1v) is 9.73. The van der Waals surface area contributed by atoms with Gasteiger partial charge >= 0.3 is 0 Å². The lowest BCUT2D eigenvalue weighted by molar-refractivity contribution is 0.0922. The Kier molecular flexibility index (Phi) is 5.92. The van der Waals surface area contributed by atoms with Crippen LogP contribution >= 0.6 is 0 Å². The Labute approximate surface area is 164 Å². The summed E-state index contributed by atoms with van der Waals surface area (Å²) in [5.74, 6) is -0.402. The second-order valence-electron chi connectivity index (χ2n) is 7.21. The predicted molar refractivity (Wildman–Crippen MR) is 107 cm³/mol. The first-order chi connectivity index (χ1) is 13.4. The average Bonchev–Trinajstić information content (AvgIpc) is 3.08. The molecular weight excluding hydrogens is 356 g/mol. The largest absolute Gasteiger partial charge is 0.347 e. The van der Waals surface area contributed by atoms with Gasteiger partial charge in [0.05, 0.1) is 5.69 Å². The van der Waals surface area contributed by atoms with Crippen LogP contribution < -0.4 is 10.6 Å². The van der Waals surface area contributed by atoms with Crippen LogP contribution in [0.5, 0.6) is 0 Å². The summed E-state index contributed by atoms with van der Waals surface area (Å²) in [5, 5.41) is 5.74. The number of amides is 2. The van der Waals surface area contributed by atoms with E-state index in [0.29, 0.717) is 24.2 Å². The topological polar surface area (TPSA) is 93.1 Å². The summed E-state index contributed by atoms with van der Waals surface area (Å²) in [4.78, 5) is 41.5. The van der Waals surface area contributed by atoms with Gasteiger partial charge in [0.2, 0.25) is 0 Å². The van der Waals surface area contributed by atoms with Gasteiger partial charge in [-0.15, -0.1) is 0 Å². The molecule has 7 nitrogen and oxygen atoms in total. The molecule has 1 aliphatic rings. The summed E-state index contributed by atoms with van der Waals surface area (Å²) in [5.41, 5.74) is 2.13. The molecule has 1 atom stereocenters. The maximum absolute atomic E-state index is 12.9. The van der Waals surface area contributed by atoms with Gasteiger partial charge in [0.1, 0.15) is 0 Å². The van der Waals surface area contributed by atoms with Crippen LogP contribution in [0.1, 0.15) is 77.2 Å². The summed E-state index contributed by atoms with van der Waals surface area (Å²) >= 11 is 0. The van der Waals surface area contributed by atoms with Crippen molar-refractivity contribution in [3.63, 3.8) is 0 Å². The molecule has 148 valence electrons. The van der Waals surface area contributed by atoms with Crippen molar-refractivity contribution >= 4 is 23.3 Å². The molecule has 7 heteroatoms. The van der Waals surface area contributed by atoms with Crippen LogP contribution in [-0.4, -0.2) is 33.2 Å². The molecule has 2 amide bonds. The lowest BCUT2D eigenvalue weighted by Gasteiger charge is -2.18. The normalized spacial score (nSPS) is 14.1. The monoisotopic (exact) mass is 382 g/mol. The molecule has 0 fully saturated rings. The van der Waals surface area contributed by atoms with Gasteiger partial charge in [-0.1, -0.05) is 19.1 Å². The van der Waals surface area contributed by atoms with E-state index >= 15 is 0 Å². The molecular formula is C21H26N4O3. The van der Waals surface area contributed by atoms with Gasteiger partial charge in [-0.3, -0.25) is 14.4 Å². The van der Waals surface area contributed by atoms with Gasteiger partial charge in [0.15, 0.2) is 17.3 Å². The van der Waals surface area contributed by atoms with E-state index in [1.807, 2.05) is 18.4 Å². The highest BCUT2D eigenvalue weighted by atomic mass is 16.2. The molecule has 28 heavy (non-hydrogen) atoms. The maximum atomic E-state index is 12.9. The summed E-state index contributed by atoms with van der Waals surface area (Å²) in [7, 11) is 0. The smallest absolute Gasteiger partial charge is 0.287 e. The number of ketones is 1. The van der Waals surface area contributed by atoms with Gasteiger partial charge in [-0.2, -0.15) is 0 Å². The fraction of sp³-hybridized carbons (Fsp3) is 0.429. The molecule has 2 N–H and O–H groups in total. The molecule has 2 aromatic rings. The molecule has 3 rings (SSSR count). The van der Waals surface area contributed by atoms with Crippen LogP contribution in [-0.2, 0) is 13.0 Å². The number of Topliss-reactive ketones (excluding diaryl/α,β-unsaturated/α-hetero) is 1. The maximum Gasteiger partial charge on any atom is 0.287 e. The third-order valence-electron chi connectivity index (χ3n) is 5.05. The van der Waals surface area contributed by atoms with Crippen molar-refractivity contribution in [1.29, 1.82) is 0 Å². The van der Waals surface area contributed by atoms with Crippen LogP contribution in [0, 0.1) is 0 Å². The van der Waals surface area contributed by atoms with E-state index in [0.717, 1.165) is 25.0 Å². The lowest BCUT2D eigenvalue weighted by atomic mass is 10.1. The van der Waals surface area contributed by atoms with Crippen molar-refractivity contribution in [2.75, 3.05) is 5.32 Å². The van der Waals surface area contributed by atoms with Crippen LogP contribution in [0.25, 0.3) is 0 Å². The number of nitrogens with one attached hydrogen (secondary N) is 2. The lowest BCUT2D eigenvalue weighted by Crippen LogP contribution is -2.34. The number of imidazole rings is 1.